The first kappa shape index (κ1) is 14.0. The molecule has 0 heterocycles. The molecule has 3 N–H and O–H groups in total. The lowest BCUT2D eigenvalue weighted by molar-refractivity contribution is 0.0476. The molecule has 0 saturated heterocycles. The van der Waals surface area contributed by atoms with Crippen LogP contribution in [-0.2, 0) is 0 Å². The van der Waals surface area contributed by atoms with E-state index in [-0.39, 0.29) is 11.8 Å². The maximum absolute atomic E-state index is 10.1. The van der Waals surface area contributed by atoms with Crippen LogP contribution in [0.2, 0.25) is 0 Å². The summed E-state index contributed by atoms with van der Waals surface area (Å²) in [5, 5.41) is 22.6. The molecule has 0 fully saturated rings. The summed E-state index contributed by atoms with van der Waals surface area (Å²) >= 11 is 0. The van der Waals surface area contributed by atoms with Crippen molar-refractivity contribution in [3.05, 3.63) is 29.8 Å². The van der Waals surface area contributed by atoms with Crippen LogP contribution in [-0.4, -0.2) is 22.4 Å². The van der Waals surface area contributed by atoms with E-state index in [2.05, 4.69) is 19.2 Å². The lowest BCUT2D eigenvalue weighted by Gasteiger charge is -2.25. The molecule has 1 aromatic rings. The maximum atomic E-state index is 10.1. The highest BCUT2D eigenvalue weighted by molar-refractivity contribution is 5.27. The van der Waals surface area contributed by atoms with E-state index >= 15 is 0 Å². The molecule has 0 aliphatic carbocycles. The van der Waals surface area contributed by atoms with Gasteiger partial charge < -0.3 is 15.5 Å². The van der Waals surface area contributed by atoms with Gasteiger partial charge in [-0.2, -0.15) is 0 Å². The molecule has 1 aromatic carbocycles. The molecule has 17 heavy (non-hydrogen) atoms. The Bertz CT molecular complexity index is 333. The minimum atomic E-state index is -0.653. The van der Waals surface area contributed by atoms with Crippen molar-refractivity contribution in [1.82, 2.24) is 5.32 Å². The van der Waals surface area contributed by atoms with Gasteiger partial charge in [-0.15, -0.1) is 0 Å². The topological polar surface area (TPSA) is 52.5 Å². The van der Waals surface area contributed by atoms with Crippen LogP contribution < -0.4 is 5.32 Å². The quantitative estimate of drug-likeness (QED) is 0.713. The van der Waals surface area contributed by atoms with Crippen LogP contribution in [0.3, 0.4) is 0 Å². The highest BCUT2D eigenvalue weighted by Gasteiger charge is 2.19. The molecular weight excluding hydrogens is 214 g/mol. The summed E-state index contributed by atoms with van der Waals surface area (Å²) in [6, 6.07) is 7.30. The van der Waals surface area contributed by atoms with E-state index in [1.807, 2.05) is 19.1 Å². The third kappa shape index (κ3) is 4.75. The Morgan fingerprint density at radius 1 is 1.29 bits per heavy atom. The Labute approximate surface area is 103 Å². The fourth-order valence-electron chi connectivity index (χ4n) is 1.88. The minimum absolute atomic E-state index is 0.166. The molecular formula is C14H23NO2. The van der Waals surface area contributed by atoms with Crippen molar-refractivity contribution in [1.29, 1.82) is 0 Å². The van der Waals surface area contributed by atoms with E-state index in [0.717, 1.165) is 18.4 Å². The van der Waals surface area contributed by atoms with Gasteiger partial charge in [-0.3, -0.25) is 0 Å². The van der Waals surface area contributed by atoms with Crippen molar-refractivity contribution in [3.63, 3.8) is 0 Å². The van der Waals surface area contributed by atoms with Crippen LogP contribution >= 0.6 is 0 Å². The Morgan fingerprint density at radius 3 is 2.41 bits per heavy atom. The van der Waals surface area contributed by atoms with Gasteiger partial charge >= 0.3 is 0 Å². The largest absolute Gasteiger partial charge is 0.508 e. The molecule has 0 saturated carbocycles. The number of aromatic hydroxyl groups is 1. The molecule has 0 spiro atoms. The van der Waals surface area contributed by atoms with E-state index in [0.29, 0.717) is 6.54 Å². The summed E-state index contributed by atoms with van der Waals surface area (Å²) in [5.41, 5.74) is 0.454. The minimum Gasteiger partial charge on any atom is -0.508 e. The number of phenols is 1. The first-order valence-corrected chi connectivity index (χ1v) is 6.19. The highest BCUT2D eigenvalue weighted by atomic mass is 16.3. The molecule has 3 nitrogen and oxygen atoms in total. The summed E-state index contributed by atoms with van der Waals surface area (Å²) < 4.78 is 0. The fraction of sp³-hybridized carbons (Fsp3) is 0.571. The van der Waals surface area contributed by atoms with Crippen molar-refractivity contribution >= 4 is 0 Å². The standard InChI is InChI=1S/C14H23NO2/c1-4-9-14(3,17)10-15-11(2)12-5-7-13(16)8-6-12/h5-8,11,15-17H,4,9-10H2,1-3H3. The second-order valence-electron chi connectivity index (χ2n) is 4.94. The van der Waals surface area contributed by atoms with Crippen molar-refractivity contribution in [3.8, 4) is 5.75 Å². The van der Waals surface area contributed by atoms with Gasteiger partial charge in [-0.05, 0) is 38.0 Å². The third-order valence-corrected chi connectivity index (χ3v) is 2.97. The lowest BCUT2D eigenvalue weighted by atomic mass is 9.99. The Morgan fingerprint density at radius 2 is 1.88 bits per heavy atom. The predicted molar refractivity (Wildman–Crippen MR) is 70.1 cm³/mol. The second kappa shape index (κ2) is 6.03. The smallest absolute Gasteiger partial charge is 0.115 e. The van der Waals surface area contributed by atoms with Gasteiger partial charge in [0.05, 0.1) is 5.60 Å². The molecule has 96 valence electrons. The average molecular weight is 237 g/mol. The van der Waals surface area contributed by atoms with Crippen LogP contribution in [0.25, 0.3) is 0 Å². The van der Waals surface area contributed by atoms with Gasteiger partial charge in [0.15, 0.2) is 0 Å². The van der Waals surface area contributed by atoms with E-state index in [4.69, 9.17) is 0 Å². The van der Waals surface area contributed by atoms with Gasteiger partial charge in [-0.1, -0.05) is 25.5 Å². The molecule has 0 aliphatic rings. The van der Waals surface area contributed by atoms with E-state index < -0.39 is 5.60 Å². The van der Waals surface area contributed by atoms with Gasteiger partial charge in [0, 0.05) is 12.6 Å². The molecule has 0 amide bonds. The molecule has 0 radical (unpaired) electrons. The van der Waals surface area contributed by atoms with Crippen LogP contribution in [0, 0.1) is 0 Å². The zero-order valence-electron chi connectivity index (χ0n) is 10.9. The summed E-state index contributed by atoms with van der Waals surface area (Å²) in [6.07, 6.45) is 1.77. The summed E-state index contributed by atoms with van der Waals surface area (Å²) in [7, 11) is 0. The van der Waals surface area contributed by atoms with Crippen LogP contribution in [0.15, 0.2) is 24.3 Å². The molecule has 0 bridgehead atoms. The zero-order valence-corrected chi connectivity index (χ0v) is 10.9. The summed E-state index contributed by atoms with van der Waals surface area (Å²) in [6.45, 7) is 6.54. The van der Waals surface area contributed by atoms with Crippen LogP contribution in [0.1, 0.15) is 45.2 Å². The van der Waals surface area contributed by atoms with Gasteiger partial charge in [-0.25, -0.2) is 0 Å². The van der Waals surface area contributed by atoms with Crippen molar-refractivity contribution in [2.24, 2.45) is 0 Å². The molecule has 2 atom stereocenters. The normalized spacial score (nSPS) is 16.5. The Balaban J connectivity index is 2.49. The molecule has 0 aromatic heterocycles. The van der Waals surface area contributed by atoms with Gasteiger partial charge in [0.25, 0.3) is 0 Å². The van der Waals surface area contributed by atoms with Crippen molar-refractivity contribution in [2.75, 3.05) is 6.54 Å². The van der Waals surface area contributed by atoms with Crippen LogP contribution in [0.5, 0.6) is 5.75 Å². The lowest BCUT2D eigenvalue weighted by Crippen LogP contribution is -2.38. The zero-order chi connectivity index (χ0) is 12.9. The van der Waals surface area contributed by atoms with E-state index in [9.17, 15) is 10.2 Å². The monoisotopic (exact) mass is 237 g/mol. The second-order valence-corrected chi connectivity index (χ2v) is 4.94. The highest BCUT2D eigenvalue weighted by Crippen LogP contribution is 2.18. The average Bonchev–Trinajstić information content (AvgIpc) is 2.27. The molecule has 3 heteroatoms. The van der Waals surface area contributed by atoms with Crippen molar-refractivity contribution in [2.45, 2.75) is 45.3 Å². The number of rotatable bonds is 6. The Hall–Kier alpha value is -1.06. The number of aliphatic hydroxyl groups is 1. The maximum Gasteiger partial charge on any atom is 0.115 e. The fourth-order valence-corrected chi connectivity index (χ4v) is 1.88. The van der Waals surface area contributed by atoms with Crippen molar-refractivity contribution < 1.29 is 10.2 Å². The first-order valence-electron chi connectivity index (χ1n) is 6.19. The third-order valence-electron chi connectivity index (χ3n) is 2.97. The number of phenolic OH excluding ortho intramolecular Hbond substituents is 1. The molecule has 0 aliphatic heterocycles. The van der Waals surface area contributed by atoms with Crippen LogP contribution in [0.4, 0.5) is 0 Å². The first-order chi connectivity index (χ1) is 7.94. The number of benzene rings is 1. The summed E-state index contributed by atoms with van der Waals surface area (Å²) in [5.74, 6) is 0.277. The summed E-state index contributed by atoms with van der Waals surface area (Å²) in [4.78, 5) is 0. The van der Waals surface area contributed by atoms with E-state index in [1.54, 1.807) is 12.1 Å². The predicted octanol–water partition coefficient (Wildman–Crippen LogP) is 2.59. The number of hydrogen-bond donors (Lipinski definition) is 3. The Kier molecular flexibility index (Phi) is 4.97. The van der Waals surface area contributed by atoms with Gasteiger partial charge in [0.1, 0.15) is 5.75 Å². The van der Waals surface area contributed by atoms with Gasteiger partial charge in [0.2, 0.25) is 0 Å². The molecule has 2 unspecified atom stereocenters. The molecule has 1 rings (SSSR count). The number of hydrogen-bond acceptors (Lipinski definition) is 3. The number of nitrogens with one attached hydrogen (secondary N) is 1. The van der Waals surface area contributed by atoms with E-state index in [1.165, 1.54) is 0 Å². The SMILES string of the molecule is CCCC(C)(O)CNC(C)c1ccc(O)cc1.